The summed E-state index contributed by atoms with van der Waals surface area (Å²) in [6.07, 6.45) is 0.989. The summed E-state index contributed by atoms with van der Waals surface area (Å²) in [5, 5.41) is 0. The van der Waals surface area contributed by atoms with Crippen LogP contribution in [0.4, 0.5) is 0 Å². The third kappa shape index (κ3) is 4.14. The van der Waals surface area contributed by atoms with Crippen molar-refractivity contribution in [2.45, 2.75) is 38.2 Å². The first-order chi connectivity index (χ1) is 4.52. The molecule has 0 radical (unpaired) electrons. The van der Waals surface area contributed by atoms with E-state index in [0.29, 0.717) is 6.54 Å². The number of ether oxygens (including phenoxy) is 1. The molecule has 2 N–H and O–H groups in total. The highest BCUT2D eigenvalue weighted by atomic mass is 32.1. The lowest BCUT2D eigenvalue weighted by Gasteiger charge is -2.26. The fourth-order valence-electron chi connectivity index (χ4n) is 0.565. The number of thiol groups is 1. The predicted octanol–water partition coefficient (Wildman–Crippen LogP) is 1.41. The fourth-order valence-corrected chi connectivity index (χ4v) is 0.745. The van der Waals surface area contributed by atoms with Crippen molar-refractivity contribution in [3.05, 3.63) is 0 Å². The standard InChI is InChI=1S/C7H17NOS/c1-4-7(3,10)9-6(2)5-8/h6,10H,4-5,8H2,1-3H3. The molecule has 0 bridgehead atoms. The number of nitrogens with two attached hydrogens (primary N) is 1. The Labute approximate surface area is 68.5 Å². The van der Waals surface area contributed by atoms with E-state index < -0.39 is 0 Å². The van der Waals surface area contributed by atoms with Crippen LogP contribution in [0.3, 0.4) is 0 Å². The van der Waals surface area contributed by atoms with Gasteiger partial charge in [0.15, 0.2) is 0 Å². The molecule has 0 fully saturated rings. The van der Waals surface area contributed by atoms with Crippen LogP contribution in [0, 0.1) is 0 Å². The summed E-state index contributed by atoms with van der Waals surface area (Å²) in [5.74, 6) is 0. The van der Waals surface area contributed by atoms with Gasteiger partial charge in [0.2, 0.25) is 0 Å². The highest BCUT2D eigenvalue weighted by molar-refractivity contribution is 7.81. The Morgan fingerprint density at radius 3 is 2.50 bits per heavy atom. The summed E-state index contributed by atoms with van der Waals surface area (Å²) in [7, 11) is 0. The number of hydrogen-bond donors (Lipinski definition) is 2. The molecule has 0 aliphatic heterocycles. The van der Waals surface area contributed by atoms with Crippen LogP contribution in [0.15, 0.2) is 0 Å². The van der Waals surface area contributed by atoms with Crippen molar-refractivity contribution < 1.29 is 4.74 Å². The Morgan fingerprint density at radius 2 is 2.20 bits per heavy atom. The maximum atomic E-state index is 5.48. The van der Waals surface area contributed by atoms with E-state index in [0.717, 1.165) is 6.42 Å². The minimum atomic E-state index is -0.321. The second-order valence-corrected chi connectivity index (χ2v) is 3.64. The lowest BCUT2D eigenvalue weighted by Crippen LogP contribution is -2.30. The zero-order valence-electron chi connectivity index (χ0n) is 6.92. The van der Waals surface area contributed by atoms with E-state index >= 15 is 0 Å². The summed E-state index contributed by atoms with van der Waals surface area (Å²) >= 11 is 4.30. The number of hydrogen-bond acceptors (Lipinski definition) is 3. The van der Waals surface area contributed by atoms with Crippen LogP contribution in [0.25, 0.3) is 0 Å². The Kier molecular flexibility index (Phi) is 4.32. The molecule has 0 rings (SSSR count). The van der Waals surface area contributed by atoms with Gasteiger partial charge in [-0.1, -0.05) is 6.92 Å². The molecule has 0 aliphatic carbocycles. The Bertz CT molecular complexity index is 95.6. The Balaban J connectivity index is 3.64. The summed E-state index contributed by atoms with van der Waals surface area (Å²) < 4.78 is 5.48. The number of rotatable bonds is 4. The molecule has 3 heteroatoms. The van der Waals surface area contributed by atoms with Crippen molar-refractivity contribution >= 4 is 12.6 Å². The average molecular weight is 163 g/mol. The van der Waals surface area contributed by atoms with E-state index in [2.05, 4.69) is 12.6 Å². The average Bonchev–Trinajstić information content (AvgIpc) is 1.87. The normalized spacial score (nSPS) is 20.1. The van der Waals surface area contributed by atoms with Gasteiger partial charge in [0.05, 0.1) is 6.10 Å². The van der Waals surface area contributed by atoms with Crippen LogP contribution in [-0.2, 0) is 4.74 Å². The van der Waals surface area contributed by atoms with Gasteiger partial charge in [-0.15, -0.1) is 12.6 Å². The van der Waals surface area contributed by atoms with Gasteiger partial charge in [0, 0.05) is 6.54 Å². The van der Waals surface area contributed by atoms with Crippen molar-refractivity contribution in [2.75, 3.05) is 6.54 Å². The second-order valence-electron chi connectivity index (χ2n) is 2.69. The van der Waals surface area contributed by atoms with Gasteiger partial charge in [-0.25, -0.2) is 0 Å². The SMILES string of the molecule is CCC(C)(S)OC(C)CN. The second kappa shape index (κ2) is 4.21. The van der Waals surface area contributed by atoms with Crippen molar-refractivity contribution in [3.8, 4) is 0 Å². The van der Waals surface area contributed by atoms with Gasteiger partial charge in [-0.3, -0.25) is 0 Å². The first kappa shape index (κ1) is 10.3. The molecule has 0 aliphatic rings. The Hall–Kier alpha value is 0.270. The molecular formula is C7H17NOS. The van der Waals surface area contributed by atoms with Crippen LogP contribution in [-0.4, -0.2) is 17.6 Å². The van der Waals surface area contributed by atoms with Crippen molar-refractivity contribution in [1.82, 2.24) is 0 Å². The van der Waals surface area contributed by atoms with Crippen molar-refractivity contribution in [3.63, 3.8) is 0 Å². The highest BCUT2D eigenvalue weighted by Gasteiger charge is 2.18. The molecule has 0 aromatic heterocycles. The third-order valence-corrected chi connectivity index (χ3v) is 1.86. The van der Waals surface area contributed by atoms with Crippen LogP contribution in [0.5, 0.6) is 0 Å². The van der Waals surface area contributed by atoms with E-state index in [-0.39, 0.29) is 11.0 Å². The molecule has 0 aromatic rings. The largest absolute Gasteiger partial charge is 0.361 e. The highest BCUT2D eigenvalue weighted by Crippen LogP contribution is 2.20. The van der Waals surface area contributed by atoms with Crippen LogP contribution in [0.2, 0.25) is 0 Å². The van der Waals surface area contributed by atoms with Gasteiger partial charge in [-0.05, 0) is 20.3 Å². The van der Waals surface area contributed by atoms with Gasteiger partial charge in [0.1, 0.15) is 4.93 Å². The Morgan fingerprint density at radius 1 is 1.70 bits per heavy atom. The smallest absolute Gasteiger partial charge is 0.108 e. The van der Waals surface area contributed by atoms with Crippen molar-refractivity contribution in [1.29, 1.82) is 0 Å². The minimum Gasteiger partial charge on any atom is -0.361 e. The molecule has 2 nitrogen and oxygen atoms in total. The lowest BCUT2D eigenvalue weighted by molar-refractivity contribution is -0.0105. The monoisotopic (exact) mass is 163 g/mol. The fraction of sp³-hybridized carbons (Fsp3) is 1.00. The third-order valence-electron chi connectivity index (χ3n) is 1.44. The maximum absolute atomic E-state index is 5.48. The molecule has 0 saturated heterocycles. The first-order valence-electron chi connectivity index (χ1n) is 3.62. The molecule has 0 amide bonds. The summed E-state index contributed by atoms with van der Waals surface area (Å²) in [5.41, 5.74) is 5.37. The quantitative estimate of drug-likeness (QED) is 0.485. The molecule has 0 saturated carbocycles. The molecular weight excluding hydrogens is 146 g/mol. The van der Waals surface area contributed by atoms with Crippen LogP contribution in [0.1, 0.15) is 27.2 Å². The maximum Gasteiger partial charge on any atom is 0.108 e. The van der Waals surface area contributed by atoms with Gasteiger partial charge < -0.3 is 10.5 Å². The molecule has 0 aromatic carbocycles. The molecule has 0 heterocycles. The summed E-state index contributed by atoms with van der Waals surface area (Å²) in [4.78, 5) is -0.321. The summed E-state index contributed by atoms with van der Waals surface area (Å²) in [6.45, 7) is 6.48. The zero-order valence-corrected chi connectivity index (χ0v) is 7.82. The molecule has 0 spiro atoms. The summed E-state index contributed by atoms with van der Waals surface area (Å²) in [6, 6.07) is 0. The lowest BCUT2D eigenvalue weighted by atomic mass is 10.3. The molecule has 2 unspecified atom stereocenters. The van der Waals surface area contributed by atoms with Crippen LogP contribution >= 0.6 is 12.6 Å². The van der Waals surface area contributed by atoms with E-state index in [1.807, 2.05) is 20.8 Å². The van der Waals surface area contributed by atoms with E-state index in [4.69, 9.17) is 10.5 Å². The molecule has 2 atom stereocenters. The van der Waals surface area contributed by atoms with Crippen molar-refractivity contribution in [2.24, 2.45) is 5.73 Å². The van der Waals surface area contributed by atoms with E-state index in [1.54, 1.807) is 0 Å². The van der Waals surface area contributed by atoms with E-state index in [9.17, 15) is 0 Å². The first-order valence-corrected chi connectivity index (χ1v) is 4.07. The van der Waals surface area contributed by atoms with Gasteiger partial charge in [0.25, 0.3) is 0 Å². The topological polar surface area (TPSA) is 35.2 Å². The van der Waals surface area contributed by atoms with E-state index in [1.165, 1.54) is 0 Å². The molecule has 62 valence electrons. The predicted molar refractivity (Wildman–Crippen MR) is 47.3 cm³/mol. The van der Waals surface area contributed by atoms with Crippen LogP contribution < -0.4 is 5.73 Å². The minimum absolute atomic E-state index is 0.0995. The van der Waals surface area contributed by atoms with Gasteiger partial charge in [-0.2, -0.15) is 0 Å². The zero-order chi connectivity index (χ0) is 8.20. The van der Waals surface area contributed by atoms with Gasteiger partial charge >= 0.3 is 0 Å². The molecule has 10 heavy (non-hydrogen) atoms.